The fraction of sp³-hybridized carbons (Fsp3) is 0.304. The van der Waals surface area contributed by atoms with E-state index in [1.807, 2.05) is 62.4 Å². The van der Waals surface area contributed by atoms with Gasteiger partial charge in [0.05, 0.1) is 0 Å². The number of nitrogens with one attached hydrogen (secondary N) is 1. The molecule has 1 aromatic carbocycles. The first-order valence-corrected chi connectivity index (χ1v) is 10.1. The van der Waals surface area contributed by atoms with Gasteiger partial charge in [-0.25, -0.2) is 19.3 Å². The Balaban J connectivity index is 1.94. The third kappa shape index (κ3) is 3.58. The molecule has 7 heteroatoms. The molecule has 0 saturated carbocycles. The Morgan fingerprint density at radius 2 is 1.70 bits per heavy atom. The van der Waals surface area contributed by atoms with Gasteiger partial charge in [0.25, 0.3) is 5.56 Å². The number of rotatable bonds is 4. The van der Waals surface area contributed by atoms with Gasteiger partial charge in [-0.05, 0) is 38.1 Å². The number of aromatic nitrogens is 5. The van der Waals surface area contributed by atoms with Crippen LogP contribution in [0.4, 0.5) is 11.6 Å². The summed E-state index contributed by atoms with van der Waals surface area (Å²) in [6, 6.07) is 15.5. The molecule has 0 spiro atoms. The van der Waals surface area contributed by atoms with E-state index in [9.17, 15) is 4.79 Å². The molecule has 3 heterocycles. The lowest BCUT2D eigenvalue weighted by atomic mass is 9.92. The third-order valence-corrected chi connectivity index (χ3v) is 4.86. The molecule has 4 rings (SSSR count). The van der Waals surface area contributed by atoms with Crippen molar-refractivity contribution in [2.75, 3.05) is 5.32 Å². The molecule has 4 aromatic rings. The Labute approximate surface area is 175 Å². The second-order valence-electron chi connectivity index (χ2n) is 8.61. The van der Waals surface area contributed by atoms with Crippen molar-refractivity contribution in [1.29, 1.82) is 0 Å². The van der Waals surface area contributed by atoms with Gasteiger partial charge in [-0.2, -0.15) is 4.98 Å². The van der Waals surface area contributed by atoms with E-state index in [4.69, 9.17) is 4.98 Å². The molecule has 7 nitrogen and oxygen atoms in total. The topological polar surface area (TPSA) is 77.6 Å². The van der Waals surface area contributed by atoms with Crippen molar-refractivity contribution in [2.45, 2.75) is 46.1 Å². The van der Waals surface area contributed by atoms with Gasteiger partial charge in [0.1, 0.15) is 5.39 Å². The lowest BCUT2D eigenvalue weighted by Crippen LogP contribution is -2.25. The van der Waals surface area contributed by atoms with E-state index in [-0.39, 0.29) is 17.0 Å². The Kier molecular flexibility index (Phi) is 4.89. The molecule has 0 aliphatic carbocycles. The van der Waals surface area contributed by atoms with E-state index in [0.29, 0.717) is 22.8 Å². The average Bonchev–Trinajstić information content (AvgIpc) is 3.00. The number of para-hydroxylation sites is 1. The molecular formula is C23H26N6O. The molecule has 0 fully saturated rings. The van der Waals surface area contributed by atoms with Crippen LogP contribution in [0, 0.1) is 0 Å². The van der Waals surface area contributed by atoms with Crippen molar-refractivity contribution in [1.82, 2.24) is 24.3 Å². The predicted octanol–water partition coefficient (Wildman–Crippen LogP) is 4.60. The second-order valence-corrected chi connectivity index (χ2v) is 8.61. The SMILES string of the molecule is CC(C)n1c(=O)c2cnc(Nc3ccccc3)nc2n1-c1cccc(C(C)(C)C)n1. The van der Waals surface area contributed by atoms with Crippen molar-refractivity contribution in [2.24, 2.45) is 0 Å². The molecule has 0 aliphatic rings. The molecule has 0 bridgehead atoms. The van der Waals surface area contributed by atoms with Crippen LogP contribution >= 0.6 is 0 Å². The standard InChI is InChI=1S/C23H26N6O/c1-15(2)28-21(30)17-14-24-22(25-16-10-7-6-8-11-16)27-20(17)29(28)19-13-9-12-18(26-19)23(3,4)5/h6-15H,1-5H3,(H,24,25,27). The summed E-state index contributed by atoms with van der Waals surface area (Å²) >= 11 is 0. The Morgan fingerprint density at radius 3 is 2.37 bits per heavy atom. The number of hydrogen-bond acceptors (Lipinski definition) is 5. The van der Waals surface area contributed by atoms with E-state index < -0.39 is 0 Å². The molecule has 0 unspecified atom stereocenters. The lowest BCUT2D eigenvalue weighted by Gasteiger charge is -2.20. The van der Waals surface area contributed by atoms with E-state index in [1.54, 1.807) is 15.6 Å². The molecule has 3 aromatic heterocycles. The number of fused-ring (bicyclic) bond motifs is 1. The summed E-state index contributed by atoms with van der Waals surface area (Å²) in [5.41, 5.74) is 2.11. The molecule has 0 amide bonds. The van der Waals surface area contributed by atoms with Gasteiger partial charge in [-0.1, -0.05) is 45.0 Å². The van der Waals surface area contributed by atoms with E-state index in [2.05, 4.69) is 36.1 Å². The monoisotopic (exact) mass is 402 g/mol. The van der Waals surface area contributed by atoms with Gasteiger partial charge in [0, 0.05) is 29.0 Å². The third-order valence-electron chi connectivity index (χ3n) is 4.86. The van der Waals surface area contributed by atoms with Crippen LogP contribution in [0.15, 0.2) is 59.5 Å². The largest absolute Gasteiger partial charge is 0.324 e. The molecule has 30 heavy (non-hydrogen) atoms. The van der Waals surface area contributed by atoms with Gasteiger partial charge in [0.15, 0.2) is 11.5 Å². The summed E-state index contributed by atoms with van der Waals surface area (Å²) in [7, 11) is 0. The lowest BCUT2D eigenvalue weighted by molar-refractivity contribution is 0.469. The quantitative estimate of drug-likeness (QED) is 0.540. The van der Waals surface area contributed by atoms with E-state index >= 15 is 0 Å². The highest BCUT2D eigenvalue weighted by molar-refractivity contribution is 5.77. The smallest absolute Gasteiger partial charge is 0.278 e. The molecule has 0 saturated heterocycles. The van der Waals surface area contributed by atoms with Crippen LogP contribution < -0.4 is 10.9 Å². The molecular weight excluding hydrogens is 376 g/mol. The van der Waals surface area contributed by atoms with Gasteiger partial charge in [-0.3, -0.25) is 4.79 Å². The first kappa shape index (κ1) is 19.8. The number of anilines is 2. The minimum atomic E-state index is -0.130. The summed E-state index contributed by atoms with van der Waals surface area (Å²) in [6.45, 7) is 10.3. The maximum absolute atomic E-state index is 13.1. The second kappa shape index (κ2) is 7.40. The van der Waals surface area contributed by atoms with Gasteiger partial charge in [-0.15, -0.1) is 0 Å². The van der Waals surface area contributed by atoms with Crippen LogP contribution in [0.5, 0.6) is 0 Å². The number of nitrogens with zero attached hydrogens (tertiary/aromatic N) is 5. The van der Waals surface area contributed by atoms with Crippen LogP contribution in [0.3, 0.4) is 0 Å². The Hall–Kier alpha value is -3.48. The normalized spacial score (nSPS) is 11.9. The highest BCUT2D eigenvalue weighted by Crippen LogP contribution is 2.24. The number of benzene rings is 1. The van der Waals surface area contributed by atoms with Gasteiger partial charge < -0.3 is 5.32 Å². The van der Waals surface area contributed by atoms with Crippen LogP contribution in [-0.2, 0) is 5.41 Å². The Bertz CT molecular complexity index is 1250. The maximum Gasteiger partial charge on any atom is 0.278 e. The summed E-state index contributed by atoms with van der Waals surface area (Å²) in [5.74, 6) is 1.09. The van der Waals surface area contributed by atoms with Crippen molar-refractivity contribution in [3.05, 3.63) is 70.8 Å². The van der Waals surface area contributed by atoms with Crippen LogP contribution in [0.2, 0.25) is 0 Å². The molecule has 0 atom stereocenters. The molecule has 0 aliphatic heterocycles. The Morgan fingerprint density at radius 1 is 0.967 bits per heavy atom. The zero-order chi connectivity index (χ0) is 21.5. The summed E-state index contributed by atoms with van der Waals surface area (Å²) in [5, 5.41) is 3.66. The predicted molar refractivity (Wildman–Crippen MR) is 120 cm³/mol. The summed E-state index contributed by atoms with van der Waals surface area (Å²) in [6.07, 6.45) is 1.58. The maximum atomic E-state index is 13.1. The first-order valence-electron chi connectivity index (χ1n) is 10.1. The zero-order valence-electron chi connectivity index (χ0n) is 17.9. The highest BCUT2D eigenvalue weighted by Gasteiger charge is 2.22. The fourth-order valence-corrected chi connectivity index (χ4v) is 3.36. The van der Waals surface area contributed by atoms with Crippen LogP contribution in [-0.4, -0.2) is 24.3 Å². The minimum absolute atomic E-state index is 0.0719. The summed E-state index contributed by atoms with van der Waals surface area (Å²) in [4.78, 5) is 27.0. The molecule has 1 N–H and O–H groups in total. The average molecular weight is 403 g/mol. The van der Waals surface area contributed by atoms with Crippen molar-refractivity contribution in [3.63, 3.8) is 0 Å². The number of hydrogen-bond donors (Lipinski definition) is 1. The molecule has 0 radical (unpaired) electrons. The fourth-order valence-electron chi connectivity index (χ4n) is 3.36. The first-order chi connectivity index (χ1) is 14.3. The zero-order valence-corrected chi connectivity index (χ0v) is 17.9. The summed E-state index contributed by atoms with van der Waals surface area (Å²) < 4.78 is 3.48. The minimum Gasteiger partial charge on any atom is -0.324 e. The van der Waals surface area contributed by atoms with Crippen molar-refractivity contribution < 1.29 is 0 Å². The van der Waals surface area contributed by atoms with E-state index in [1.165, 1.54) is 0 Å². The van der Waals surface area contributed by atoms with E-state index in [0.717, 1.165) is 11.4 Å². The molecule has 154 valence electrons. The van der Waals surface area contributed by atoms with Crippen molar-refractivity contribution in [3.8, 4) is 5.82 Å². The van der Waals surface area contributed by atoms with Crippen LogP contribution in [0.25, 0.3) is 16.9 Å². The van der Waals surface area contributed by atoms with Gasteiger partial charge in [0.2, 0.25) is 5.95 Å². The van der Waals surface area contributed by atoms with Gasteiger partial charge >= 0.3 is 0 Å². The number of pyridine rings is 1. The highest BCUT2D eigenvalue weighted by atomic mass is 16.1. The van der Waals surface area contributed by atoms with Crippen LogP contribution in [0.1, 0.15) is 46.4 Å². The van der Waals surface area contributed by atoms with Crippen molar-refractivity contribution >= 4 is 22.7 Å².